The number of ketones is 3. The molecule has 0 bridgehead atoms. The van der Waals surface area contributed by atoms with Crippen LogP contribution in [0.1, 0.15) is 151 Å². The van der Waals surface area contributed by atoms with Crippen LogP contribution in [-0.4, -0.2) is 192 Å². The van der Waals surface area contributed by atoms with Crippen molar-refractivity contribution < 1.29 is 76.5 Å². The summed E-state index contributed by atoms with van der Waals surface area (Å²) in [4.78, 5) is 141. The highest BCUT2D eigenvalue weighted by molar-refractivity contribution is 8.14. The molecule has 0 saturated heterocycles. The van der Waals surface area contributed by atoms with Gasteiger partial charge in [0.25, 0.3) is 0 Å². The Morgan fingerprint density at radius 1 is 0.407 bits per heavy atom. The molecule has 0 saturated carbocycles. The molecule has 0 heterocycles. The number of nitrogens with two attached hydrogens (primary N) is 2. The van der Waals surface area contributed by atoms with Crippen molar-refractivity contribution in [3.05, 3.63) is 0 Å². The fraction of sp³-hybridized carbons (Fsp3) is 0.778. The fourth-order valence-corrected chi connectivity index (χ4v) is 6.87. The van der Waals surface area contributed by atoms with Gasteiger partial charge in [-0.25, -0.2) is 0 Å². The van der Waals surface area contributed by atoms with E-state index in [1.807, 2.05) is 6.92 Å². The van der Waals surface area contributed by atoms with Crippen molar-refractivity contribution in [3.63, 3.8) is 0 Å². The number of Topliss-reactive ketones (excluding diaryl/α,β-unsaturated/α-hetero) is 3. The van der Waals surface area contributed by atoms with Gasteiger partial charge < -0.3 is 67.1 Å². The molecule has 468 valence electrons. The minimum absolute atomic E-state index is 0.00865. The van der Waals surface area contributed by atoms with E-state index in [2.05, 4.69) is 56.4 Å². The summed E-state index contributed by atoms with van der Waals surface area (Å²) < 4.78 is 21.4. The van der Waals surface area contributed by atoms with E-state index in [4.69, 9.17) is 30.4 Å². The van der Waals surface area contributed by atoms with Gasteiger partial charge in [0.2, 0.25) is 47.3 Å². The van der Waals surface area contributed by atoms with E-state index < -0.39 is 41.8 Å². The second-order valence-electron chi connectivity index (χ2n) is 18.8. The quantitative estimate of drug-likeness (QED) is 0.0367. The summed E-state index contributed by atoms with van der Waals surface area (Å²) in [5.41, 5.74) is 10.8. The predicted molar refractivity (Wildman–Crippen MR) is 308 cm³/mol. The van der Waals surface area contributed by atoms with Crippen LogP contribution in [0.25, 0.3) is 0 Å². The summed E-state index contributed by atoms with van der Waals surface area (Å²) in [6.07, 6.45) is 9.05. The molecule has 0 aromatic rings. The smallest absolute Gasteiger partial charge is 0.246 e. The summed E-state index contributed by atoms with van der Waals surface area (Å²) in [7, 11) is 0. The normalized spacial score (nSPS) is 11.6. The van der Waals surface area contributed by atoms with Crippen molar-refractivity contribution in [1.82, 2.24) is 42.5 Å². The van der Waals surface area contributed by atoms with Gasteiger partial charge in [0.15, 0.2) is 5.12 Å². The number of carbonyl (C=O) groups excluding carboxylic acids is 12. The molecule has 26 nitrogen and oxygen atoms in total. The molecule has 0 unspecified atom stereocenters. The third kappa shape index (κ3) is 59.0. The Bertz CT molecular complexity index is 1810. The van der Waals surface area contributed by atoms with Crippen LogP contribution in [0, 0.1) is 0 Å². The number of unbranched alkanes of at least 4 members (excludes halogenated alkanes) is 4. The molecule has 0 aliphatic heterocycles. The maximum atomic E-state index is 13.1. The van der Waals surface area contributed by atoms with Crippen molar-refractivity contribution in [3.8, 4) is 0 Å². The zero-order valence-electron chi connectivity index (χ0n) is 49.5. The molecule has 12 N–H and O–H groups in total. The Labute approximate surface area is 484 Å². The van der Waals surface area contributed by atoms with Crippen molar-refractivity contribution in [1.29, 1.82) is 0 Å². The van der Waals surface area contributed by atoms with Crippen LogP contribution in [0.2, 0.25) is 0 Å². The zero-order chi connectivity index (χ0) is 61.5. The lowest BCUT2D eigenvalue weighted by molar-refractivity contribution is -0.129. The predicted octanol–water partition coefficient (Wildman–Crippen LogP) is 0.326. The first-order chi connectivity index (χ1) is 38.6. The third-order valence-corrected chi connectivity index (χ3v) is 11.7. The van der Waals surface area contributed by atoms with Gasteiger partial charge in [0.1, 0.15) is 36.6 Å². The Balaban J connectivity index is -0.00000554. The van der Waals surface area contributed by atoms with E-state index in [0.29, 0.717) is 64.5 Å². The number of nitrogens with one attached hydrogen (secondary N) is 8. The van der Waals surface area contributed by atoms with Crippen molar-refractivity contribution in [2.24, 2.45) is 11.5 Å². The highest BCUT2D eigenvalue weighted by Crippen LogP contribution is 2.06. The highest BCUT2D eigenvalue weighted by atomic mass is 32.2. The molecule has 0 radical (unpaired) electrons. The van der Waals surface area contributed by atoms with Crippen LogP contribution in [0.15, 0.2) is 0 Å². The summed E-state index contributed by atoms with van der Waals surface area (Å²) in [6, 6.07) is -2.15. The molecular weight excluding hydrogens is 1080 g/mol. The lowest BCUT2D eigenvalue weighted by Gasteiger charge is -2.19. The average Bonchev–Trinajstić information content (AvgIpc) is 3.40. The summed E-state index contributed by atoms with van der Waals surface area (Å²) in [6.45, 7) is 14.5. The lowest BCUT2D eigenvalue weighted by Crippen LogP contribution is -2.47. The minimum Gasteiger partial charge on any atom is -0.377 e. The molecule has 3 atom stereocenters. The number of hydrogen-bond donors (Lipinski definition) is 10. The second-order valence-corrected chi connectivity index (χ2v) is 19.9. The Morgan fingerprint density at radius 2 is 0.815 bits per heavy atom. The number of ether oxygens (including phenoxy) is 4. The van der Waals surface area contributed by atoms with Crippen molar-refractivity contribution >= 4 is 81.5 Å². The van der Waals surface area contributed by atoms with Gasteiger partial charge >= 0.3 is 0 Å². The summed E-state index contributed by atoms with van der Waals surface area (Å²) in [5.74, 6) is -3.08. The topological polar surface area (TPSA) is 390 Å². The standard InChI is InChI=1S/C45H80N10O15S.C5H10O.C4H10/c1-32(56)27-53-35(43(46)64)11-4-7-16-48-40(61)29-69-25-24-68-22-20-51-41(62)30-70-26-23-67-21-19-50-38(59)14-10-15-39(60)55-37(13-6-8-17-49-42(63)31-71-34(3)58)45(66)52-18-9-5-12-36(44(47)65)54-28-33(2)57;1-3-4-5(2)6;1-3-4-2/h35-37,53-54H,4-31H2,1-3H3,(H2,46,64)(H2,47,65)(H,48,61)(H,49,63)(H,50,59)(H,51,62)(H,52,66)(H,55,60);3-4H2,1-2H3;3-4H2,1-2H3/t35-,36+,37-;;/m0../s1. The number of hydrogen-bond acceptors (Lipinski definition) is 19. The first-order valence-corrected chi connectivity index (χ1v) is 29.2. The average molecular weight is 1180 g/mol. The van der Waals surface area contributed by atoms with Crippen LogP contribution >= 0.6 is 11.8 Å². The maximum Gasteiger partial charge on any atom is 0.246 e. The lowest BCUT2D eigenvalue weighted by atomic mass is 10.1. The van der Waals surface area contributed by atoms with E-state index in [-0.39, 0.29) is 163 Å². The van der Waals surface area contributed by atoms with Gasteiger partial charge in [-0.15, -0.1) is 0 Å². The number of amides is 8. The Morgan fingerprint density at radius 3 is 1.22 bits per heavy atom. The van der Waals surface area contributed by atoms with Gasteiger partial charge in [-0.2, -0.15) is 0 Å². The molecule has 27 heteroatoms. The van der Waals surface area contributed by atoms with Crippen LogP contribution < -0.4 is 54.0 Å². The molecule has 0 aliphatic rings. The van der Waals surface area contributed by atoms with E-state index in [1.165, 1.54) is 33.6 Å². The second kappa shape index (κ2) is 56.4. The largest absolute Gasteiger partial charge is 0.377 e. The van der Waals surface area contributed by atoms with E-state index >= 15 is 0 Å². The maximum absolute atomic E-state index is 13.1. The van der Waals surface area contributed by atoms with Gasteiger partial charge in [-0.3, -0.25) is 63.4 Å². The van der Waals surface area contributed by atoms with E-state index in [0.717, 1.165) is 24.6 Å². The molecule has 0 spiro atoms. The molecule has 0 aromatic carbocycles. The molecule has 81 heavy (non-hydrogen) atoms. The Kier molecular flexibility index (Phi) is 55.6. The van der Waals surface area contributed by atoms with Gasteiger partial charge in [0, 0.05) is 58.9 Å². The van der Waals surface area contributed by atoms with E-state index in [1.54, 1.807) is 6.92 Å². The third-order valence-electron chi connectivity index (χ3n) is 10.9. The molecule has 0 aromatic heterocycles. The van der Waals surface area contributed by atoms with Crippen LogP contribution in [0.3, 0.4) is 0 Å². The Hall–Kier alpha value is -5.45. The minimum atomic E-state index is -0.870. The molecule has 0 fully saturated rings. The number of primary amides is 2. The molecule has 8 amide bonds. The van der Waals surface area contributed by atoms with Crippen LogP contribution in [0.4, 0.5) is 0 Å². The number of carbonyl (C=O) groups is 12. The summed E-state index contributed by atoms with van der Waals surface area (Å²) in [5, 5.41) is 21.8. The zero-order valence-corrected chi connectivity index (χ0v) is 50.3. The molecule has 0 aliphatic carbocycles. The first kappa shape index (κ1) is 79.8. The van der Waals surface area contributed by atoms with Crippen LogP contribution in [0.5, 0.6) is 0 Å². The monoisotopic (exact) mass is 1180 g/mol. The number of rotatable bonds is 50. The first-order valence-electron chi connectivity index (χ1n) is 28.2. The van der Waals surface area contributed by atoms with E-state index in [9.17, 15) is 57.5 Å². The highest BCUT2D eigenvalue weighted by Gasteiger charge is 2.21. The van der Waals surface area contributed by atoms with Gasteiger partial charge in [0.05, 0.1) is 70.6 Å². The van der Waals surface area contributed by atoms with Gasteiger partial charge in [-0.05, 0) is 91.4 Å². The molecule has 0 rings (SSSR count). The van der Waals surface area contributed by atoms with Gasteiger partial charge in [-0.1, -0.05) is 45.4 Å². The molecular formula is C54H100N10O16S. The summed E-state index contributed by atoms with van der Waals surface area (Å²) >= 11 is 0.905. The van der Waals surface area contributed by atoms with Crippen molar-refractivity contribution in [2.75, 3.05) is 104 Å². The SMILES string of the molecule is CC(=O)CN[C@@H](CCCCNC(=O)COCCOCCNC(=O)COCCOCCNC(=O)CCCC(=O)N[C@@H](CCCCNC(=O)CSC(C)=O)C(=O)NCCCC[C@@H](NCC(C)=O)C(N)=O)C(N)=O.CCCC.CCCC(C)=O. The fourth-order valence-electron chi connectivity index (χ4n) is 6.43. The number of thioether (sulfide) groups is 1. The van der Waals surface area contributed by atoms with Crippen molar-refractivity contribution in [2.45, 2.75) is 169 Å². The van der Waals surface area contributed by atoms with Crippen LogP contribution in [-0.2, 0) is 76.5 Å².